The van der Waals surface area contributed by atoms with E-state index in [-0.39, 0.29) is 11.2 Å². The van der Waals surface area contributed by atoms with Crippen molar-refractivity contribution in [3.8, 4) is 5.75 Å². The third kappa shape index (κ3) is 3.92. The van der Waals surface area contributed by atoms with Crippen LogP contribution in [0.2, 0.25) is 0 Å². The number of aromatic nitrogens is 1. The number of hydrogen-bond donors (Lipinski definition) is 0. The topological polar surface area (TPSA) is 73.0 Å². The summed E-state index contributed by atoms with van der Waals surface area (Å²) in [4.78, 5) is 24.2. The van der Waals surface area contributed by atoms with Crippen molar-refractivity contribution in [2.75, 3.05) is 0 Å². The second-order valence-corrected chi connectivity index (χ2v) is 5.68. The summed E-state index contributed by atoms with van der Waals surface area (Å²) in [5.41, 5.74) is 1.93. The van der Waals surface area contributed by atoms with E-state index < -0.39 is 5.97 Å². The summed E-state index contributed by atoms with van der Waals surface area (Å²) in [6, 6.07) is 17.2. The summed E-state index contributed by atoms with van der Waals surface area (Å²) in [7, 11) is 1.78. The third-order valence-corrected chi connectivity index (χ3v) is 3.87. The van der Waals surface area contributed by atoms with Crippen molar-refractivity contribution in [1.29, 1.82) is 0 Å². The van der Waals surface area contributed by atoms with Crippen molar-refractivity contribution in [2.45, 2.75) is 6.92 Å². The lowest BCUT2D eigenvalue weighted by molar-refractivity contribution is 0.0730. The van der Waals surface area contributed by atoms with Crippen LogP contribution >= 0.6 is 0 Å². The highest BCUT2D eigenvalue weighted by atomic mass is 16.5. The van der Waals surface area contributed by atoms with Crippen LogP contribution < -0.4 is 10.2 Å². The molecule has 1 heterocycles. The molecule has 3 aromatic rings. The molecule has 26 heavy (non-hydrogen) atoms. The molecule has 0 spiro atoms. The molecule has 0 N–H and O–H groups in total. The largest absolute Gasteiger partial charge is 0.417 e. The van der Waals surface area contributed by atoms with E-state index in [0.717, 1.165) is 5.69 Å². The van der Waals surface area contributed by atoms with Gasteiger partial charge in [0, 0.05) is 19.3 Å². The van der Waals surface area contributed by atoms with E-state index in [1.54, 1.807) is 49.0 Å². The van der Waals surface area contributed by atoms with Gasteiger partial charge < -0.3 is 9.30 Å². The van der Waals surface area contributed by atoms with Gasteiger partial charge in [0.15, 0.2) is 5.75 Å². The van der Waals surface area contributed by atoms with Gasteiger partial charge in [-0.15, -0.1) is 0 Å². The van der Waals surface area contributed by atoms with Gasteiger partial charge in [-0.1, -0.05) is 18.2 Å². The lowest BCUT2D eigenvalue weighted by Crippen LogP contribution is -2.18. The van der Waals surface area contributed by atoms with Gasteiger partial charge >= 0.3 is 5.97 Å². The minimum Gasteiger partial charge on any atom is -0.417 e. The smallest absolute Gasteiger partial charge is 0.343 e. The van der Waals surface area contributed by atoms with Crippen LogP contribution in [-0.2, 0) is 7.05 Å². The zero-order valence-corrected chi connectivity index (χ0v) is 14.4. The summed E-state index contributed by atoms with van der Waals surface area (Å²) in [5, 5.41) is 8.24. The fourth-order valence-electron chi connectivity index (χ4n) is 2.26. The Morgan fingerprint density at radius 3 is 2.19 bits per heavy atom. The SMILES string of the molecule is Cc1c(OC(=O)c2ccc(N=Nc3ccccc3)cc2)c(=O)ccn1C. The molecule has 0 radical (unpaired) electrons. The van der Waals surface area contributed by atoms with Gasteiger partial charge in [-0.3, -0.25) is 4.79 Å². The minimum atomic E-state index is -0.594. The van der Waals surface area contributed by atoms with Gasteiger partial charge in [-0.05, 0) is 43.3 Å². The summed E-state index contributed by atoms with van der Waals surface area (Å²) in [6.45, 7) is 1.72. The highest BCUT2D eigenvalue weighted by Gasteiger charge is 2.14. The van der Waals surface area contributed by atoms with Gasteiger partial charge in [-0.25, -0.2) is 4.79 Å². The lowest BCUT2D eigenvalue weighted by atomic mass is 10.2. The average molecular weight is 347 g/mol. The van der Waals surface area contributed by atoms with Crippen molar-refractivity contribution in [2.24, 2.45) is 17.3 Å². The Kier molecular flexibility index (Phi) is 5.03. The molecule has 6 nitrogen and oxygen atoms in total. The first-order valence-electron chi connectivity index (χ1n) is 8.00. The number of carbonyl (C=O) groups excluding carboxylic acids is 1. The van der Waals surface area contributed by atoms with Crippen molar-refractivity contribution < 1.29 is 9.53 Å². The lowest BCUT2D eigenvalue weighted by Gasteiger charge is -2.10. The van der Waals surface area contributed by atoms with E-state index in [0.29, 0.717) is 16.9 Å². The van der Waals surface area contributed by atoms with Gasteiger partial charge in [0.25, 0.3) is 0 Å². The van der Waals surface area contributed by atoms with E-state index in [2.05, 4.69) is 10.2 Å². The molecule has 0 atom stereocenters. The van der Waals surface area contributed by atoms with Crippen LogP contribution in [0.5, 0.6) is 5.75 Å². The van der Waals surface area contributed by atoms with E-state index in [9.17, 15) is 9.59 Å². The number of esters is 1. The monoisotopic (exact) mass is 347 g/mol. The molecule has 2 aromatic carbocycles. The zero-order valence-electron chi connectivity index (χ0n) is 14.4. The molecule has 6 heteroatoms. The van der Waals surface area contributed by atoms with Crippen molar-refractivity contribution >= 4 is 17.3 Å². The highest BCUT2D eigenvalue weighted by Crippen LogP contribution is 2.19. The summed E-state index contributed by atoms with van der Waals surface area (Å²) < 4.78 is 7.00. The molecule has 0 aliphatic rings. The van der Waals surface area contributed by atoms with Gasteiger partial charge in [-0.2, -0.15) is 10.2 Å². The van der Waals surface area contributed by atoms with Crippen molar-refractivity contribution in [3.05, 3.63) is 88.3 Å². The molecule has 0 bridgehead atoms. The predicted octanol–water partition coefficient (Wildman–Crippen LogP) is 4.33. The molecular formula is C20H17N3O3. The molecule has 130 valence electrons. The number of rotatable bonds is 4. The first-order chi connectivity index (χ1) is 12.5. The Bertz CT molecular complexity index is 1010. The van der Waals surface area contributed by atoms with Gasteiger partial charge in [0.2, 0.25) is 5.43 Å². The number of benzene rings is 2. The first kappa shape index (κ1) is 17.3. The number of pyridine rings is 1. The Hall–Kier alpha value is -3.54. The highest BCUT2D eigenvalue weighted by molar-refractivity contribution is 5.91. The van der Waals surface area contributed by atoms with Gasteiger partial charge in [0.05, 0.1) is 22.6 Å². The molecule has 0 saturated heterocycles. The Morgan fingerprint density at radius 1 is 0.923 bits per heavy atom. The number of azo groups is 1. The van der Waals surface area contributed by atoms with Crippen LogP contribution in [0.25, 0.3) is 0 Å². The van der Waals surface area contributed by atoms with Gasteiger partial charge in [0.1, 0.15) is 0 Å². The minimum absolute atomic E-state index is 0.0350. The Morgan fingerprint density at radius 2 is 1.54 bits per heavy atom. The molecule has 0 aliphatic carbocycles. The van der Waals surface area contributed by atoms with Crippen LogP contribution in [0.4, 0.5) is 11.4 Å². The third-order valence-electron chi connectivity index (χ3n) is 3.87. The standard InChI is InChI=1S/C20H17N3O3/c1-14-19(18(24)12-13-23(14)2)26-20(25)15-8-10-17(11-9-15)22-21-16-6-4-3-5-7-16/h3-13H,1-2H3. The predicted molar refractivity (Wildman–Crippen MR) is 98.4 cm³/mol. The van der Waals surface area contributed by atoms with E-state index >= 15 is 0 Å². The fraction of sp³-hybridized carbons (Fsp3) is 0.100. The second kappa shape index (κ2) is 7.57. The number of hydrogen-bond acceptors (Lipinski definition) is 5. The normalized spacial score (nSPS) is 10.8. The molecule has 0 saturated carbocycles. The number of ether oxygens (including phenoxy) is 1. The van der Waals surface area contributed by atoms with Crippen LogP contribution in [0.3, 0.4) is 0 Å². The molecule has 0 unspecified atom stereocenters. The maximum absolute atomic E-state index is 12.3. The summed E-state index contributed by atoms with van der Waals surface area (Å²) in [5.74, 6) is -0.559. The van der Waals surface area contributed by atoms with Crippen molar-refractivity contribution in [1.82, 2.24) is 4.57 Å². The second-order valence-electron chi connectivity index (χ2n) is 5.68. The maximum Gasteiger partial charge on any atom is 0.343 e. The number of carbonyl (C=O) groups is 1. The molecule has 3 rings (SSSR count). The molecule has 0 fully saturated rings. The number of nitrogens with zero attached hydrogens (tertiary/aromatic N) is 3. The fourth-order valence-corrected chi connectivity index (χ4v) is 2.26. The summed E-state index contributed by atoms with van der Waals surface area (Å²) in [6.07, 6.45) is 1.63. The maximum atomic E-state index is 12.3. The van der Waals surface area contributed by atoms with Crippen LogP contribution in [0.15, 0.2) is 81.9 Å². The van der Waals surface area contributed by atoms with Crippen LogP contribution in [-0.4, -0.2) is 10.5 Å². The van der Waals surface area contributed by atoms with E-state index in [4.69, 9.17) is 4.74 Å². The Labute approximate surface area is 150 Å². The average Bonchev–Trinajstić information content (AvgIpc) is 2.67. The van der Waals surface area contributed by atoms with Crippen molar-refractivity contribution in [3.63, 3.8) is 0 Å². The quantitative estimate of drug-likeness (QED) is 0.521. The molecular weight excluding hydrogens is 330 g/mol. The Balaban J connectivity index is 1.75. The number of aryl methyl sites for hydroxylation is 1. The van der Waals surface area contributed by atoms with E-state index in [1.165, 1.54) is 6.07 Å². The molecule has 0 amide bonds. The molecule has 1 aromatic heterocycles. The van der Waals surface area contributed by atoms with E-state index in [1.807, 2.05) is 30.3 Å². The van der Waals surface area contributed by atoms with Crippen LogP contribution in [0, 0.1) is 6.92 Å². The van der Waals surface area contributed by atoms with Crippen LogP contribution in [0.1, 0.15) is 16.1 Å². The molecule has 0 aliphatic heterocycles. The first-order valence-corrected chi connectivity index (χ1v) is 8.00. The summed E-state index contributed by atoms with van der Waals surface area (Å²) >= 11 is 0. The zero-order chi connectivity index (χ0) is 18.5.